The van der Waals surface area contributed by atoms with Crippen LogP contribution >= 0.6 is 0 Å². The molecule has 0 fully saturated rings. The molecule has 0 heterocycles. The average Bonchev–Trinajstić information content (AvgIpc) is 2.62. The quantitative estimate of drug-likeness (QED) is 0.635. The Kier molecular flexibility index (Phi) is 4.85. The minimum atomic E-state index is -4.74. The molecule has 3 aromatic carbocycles. The van der Waals surface area contributed by atoms with Gasteiger partial charge in [-0.25, -0.2) is 8.42 Å². The summed E-state index contributed by atoms with van der Waals surface area (Å²) >= 11 is 0. The Labute approximate surface area is 153 Å². The number of benzene rings is 3. The number of methoxy groups -OCH3 is 1. The monoisotopic (exact) mass is 367 g/mol. The summed E-state index contributed by atoms with van der Waals surface area (Å²) < 4.78 is 42.6. The second-order valence-electron chi connectivity index (χ2n) is 6.05. The lowest BCUT2D eigenvalue weighted by molar-refractivity contribution is 0.408. The van der Waals surface area contributed by atoms with E-state index in [9.17, 15) is 13.0 Å². The van der Waals surface area contributed by atoms with Crippen LogP contribution in [0.25, 0.3) is 22.3 Å². The van der Waals surface area contributed by atoms with Gasteiger partial charge in [-0.15, -0.1) is 0 Å². The van der Waals surface area contributed by atoms with Gasteiger partial charge < -0.3 is 9.29 Å². The standard InChI is InChI=1S/C21H20O4S/c1-14-18(16-10-6-4-7-11-16)21(26(22,23)24)19(15(2)20(14)25-3)17-12-8-5-9-13-17/h4-13H,1-3H3,(H,22,23,24)/p-1. The zero-order chi connectivity index (χ0) is 18.9. The summed E-state index contributed by atoms with van der Waals surface area (Å²) in [5, 5.41) is 0. The number of ether oxygens (including phenoxy) is 1. The highest BCUT2D eigenvalue weighted by molar-refractivity contribution is 7.86. The molecule has 0 aliphatic rings. The van der Waals surface area contributed by atoms with Crippen LogP contribution in [-0.4, -0.2) is 20.1 Å². The maximum absolute atomic E-state index is 12.3. The zero-order valence-corrected chi connectivity index (χ0v) is 15.6. The van der Waals surface area contributed by atoms with Crippen molar-refractivity contribution < 1.29 is 17.7 Å². The Morgan fingerprint density at radius 3 is 1.46 bits per heavy atom. The second kappa shape index (κ2) is 6.94. The first-order valence-corrected chi connectivity index (χ1v) is 9.55. The van der Waals surface area contributed by atoms with Gasteiger partial charge in [0.05, 0.1) is 12.0 Å². The highest BCUT2D eigenvalue weighted by atomic mass is 32.2. The van der Waals surface area contributed by atoms with Gasteiger partial charge in [-0.1, -0.05) is 60.7 Å². The Morgan fingerprint density at radius 1 is 0.769 bits per heavy atom. The van der Waals surface area contributed by atoms with Crippen molar-refractivity contribution in [2.75, 3.05) is 7.11 Å². The first kappa shape index (κ1) is 18.2. The van der Waals surface area contributed by atoms with E-state index in [1.165, 1.54) is 0 Å². The van der Waals surface area contributed by atoms with Crippen molar-refractivity contribution >= 4 is 10.1 Å². The maximum atomic E-state index is 12.3. The molecule has 0 spiro atoms. The van der Waals surface area contributed by atoms with Crippen molar-refractivity contribution in [1.29, 1.82) is 0 Å². The molecule has 0 N–H and O–H groups in total. The summed E-state index contributed by atoms with van der Waals surface area (Å²) in [4.78, 5) is -0.203. The van der Waals surface area contributed by atoms with Crippen LogP contribution in [0.1, 0.15) is 11.1 Å². The van der Waals surface area contributed by atoms with E-state index in [4.69, 9.17) is 4.74 Å². The average molecular weight is 367 g/mol. The molecular weight excluding hydrogens is 348 g/mol. The molecule has 0 radical (unpaired) electrons. The number of rotatable bonds is 4. The van der Waals surface area contributed by atoms with Gasteiger partial charge in [-0.05, 0) is 25.0 Å². The fraction of sp³-hybridized carbons (Fsp3) is 0.143. The van der Waals surface area contributed by atoms with E-state index in [0.29, 0.717) is 39.1 Å². The summed E-state index contributed by atoms with van der Waals surface area (Å²) in [6.07, 6.45) is 0. The molecule has 0 bridgehead atoms. The van der Waals surface area contributed by atoms with E-state index in [0.717, 1.165) is 0 Å². The van der Waals surface area contributed by atoms with Crippen molar-refractivity contribution in [2.24, 2.45) is 0 Å². The van der Waals surface area contributed by atoms with Gasteiger partial charge in [0.1, 0.15) is 15.9 Å². The molecule has 0 amide bonds. The molecule has 0 saturated carbocycles. The van der Waals surface area contributed by atoms with Crippen LogP contribution in [0, 0.1) is 13.8 Å². The van der Waals surface area contributed by atoms with Gasteiger partial charge in [0.25, 0.3) is 0 Å². The molecular formula is C21H19O4S-. The lowest BCUT2D eigenvalue weighted by Crippen LogP contribution is -2.09. The van der Waals surface area contributed by atoms with Crippen LogP contribution in [0.3, 0.4) is 0 Å². The SMILES string of the molecule is COc1c(C)c(-c2ccccc2)c(S(=O)(=O)[O-])c(-c2ccccc2)c1C. The number of hydrogen-bond donors (Lipinski definition) is 0. The van der Waals surface area contributed by atoms with Crippen molar-refractivity contribution in [3.05, 3.63) is 71.8 Å². The Balaban J connectivity index is 2.56. The summed E-state index contributed by atoms with van der Waals surface area (Å²) in [5.41, 5.74) is 3.37. The van der Waals surface area contributed by atoms with Crippen molar-refractivity contribution in [3.8, 4) is 28.0 Å². The molecule has 4 nitrogen and oxygen atoms in total. The highest BCUT2D eigenvalue weighted by Crippen LogP contribution is 2.45. The van der Waals surface area contributed by atoms with Gasteiger partial charge >= 0.3 is 0 Å². The van der Waals surface area contributed by atoms with Crippen molar-refractivity contribution in [2.45, 2.75) is 18.7 Å². The summed E-state index contributed by atoms with van der Waals surface area (Å²) in [7, 11) is -3.19. The normalized spacial score (nSPS) is 11.4. The van der Waals surface area contributed by atoms with Crippen LogP contribution in [0.15, 0.2) is 65.6 Å². The largest absolute Gasteiger partial charge is 0.744 e. The fourth-order valence-electron chi connectivity index (χ4n) is 3.43. The molecule has 0 aliphatic heterocycles. The smallest absolute Gasteiger partial charge is 0.125 e. The van der Waals surface area contributed by atoms with Crippen LogP contribution in [0.4, 0.5) is 0 Å². The summed E-state index contributed by atoms with van der Waals surface area (Å²) in [6.45, 7) is 3.55. The molecule has 0 unspecified atom stereocenters. The first-order valence-electron chi connectivity index (χ1n) is 8.14. The molecule has 0 aliphatic carbocycles. The minimum Gasteiger partial charge on any atom is -0.744 e. The molecule has 0 aromatic heterocycles. The van der Waals surface area contributed by atoms with Crippen LogP contribution in [0.2, 0.25) is 0 Å². The minimum absolute atomic E-state index is 0.203. The van der Waals surface area contributed by atoms with E-state index in [1.807, 2.05) is 36.4 Å². The lowest BCUT2D eigenvalue weighted by atomic mass is 9.90. The molecule has 3 aromatic rings. The lowest BCUT2D eigenvalue weighted by Gasteiger charge is -2.25. The van der Waals surface area contributed by atoms with Gasteiger partial charge in [-0.3, -0.25) is 0 Å². The molecule has 3 rings (SSSR count). The highest BCUT2D eigenvalue weighted by Gasteiger charge is 2.25. The molecule has 134 valence electrons. The molecule has 0 saturated heterocycles. The third-order valence-electron chi connectivity index (χ3n) is 4.46. The fourth-order valence-corrected chi connectivity index (χ4v) is 4.48. The topological polar surface area (TPSA) is 66.4 Å². The summed E-state index contributed by atoms with van der Waals surface area (Å²) in [6, 6.07) is 18.1. The Bertz CT molecular complexity index is 974. The Hall–Kier alpha value is -2.63. The van der Waals surface area contributed by atoms with E-state index >= 15 is 0 Å². The van der Waals surface area contributed by atoms with Gasteiger partial charge in [0, 0.05) is 22.3 Å². The third-order valence-corrected chi connectivity index (χ3v) is 5.37. The third kappa shape index (κ3) is 3.11. The van der Waals surface area contributed by atoms with E-state index in [2.05, 4.69) is 0 Å². The molecule has 0 atom stereocenters. The molecule has 26 heavy (non-hydrogen) atoms. The molecule has 5 heteroatoms. The van der Waals surface area contributed by atoms with E-state index in [-0.39, 0.29) is 4.90 Å². The summed E-state index contributed by atoms with van der Waals surface area (Å²) in [5.74, 6) is 0.579. The number of hydrogen-bond acceptors (Lipinski definition) is 4. The van der Waals surface area contributed by atoms with E-state index < -0.39 is 10.1 Å². The predicted molar refractivity (Wildman–Crippen MR) is 101 cm³/mol. The van der Waals surface area contributed by atoms with Gasteiger partial charge in [-0.2, -0.15) is 0 Å². The predicted octanol–water partition coefficient (Wildman–Crippen LogP) is 4.55. The van der Waals surface area contributed by atoms with Crippen molar-refractivity contribution in [3.63, 3.8) is 0 Å². The first-order chi connectivity index (χ1) is 12.4. The van der Waals surface area contributed by atoms with Crippen LogP contribution in [0.5, 0.6) is 5.75 Å². The van der Waals surface area contributed by atoms with Crippen LogP contribution in [-0.2, 0) is 10.1 Å². The maximum Gasteiger partial charge on any atom is 0.125 e. The van der Waals surface area contributed by atoms with Crippen molar-refractivity contribution in [1.82, 2.24) is 0 Å². The van der Waals surface area contributed by atoms with Gasteiger partial charge in [0.2, 0.25) is 0 Å². The van der Waals surface area contributed by atoms with Crippen LogP contribution < -0.4 is 4.74 Å². The van der Waals surface area contributed by atoms with Gasteiger partial charge in [0.15, 0.2) is 0 Å². The Morgan fingerprint density at radius 2 is 1.15 bits per heavy atom. The van der Waals surface area contributed by atoms with E-state index in [1.54, 1.807) is 45.2 Å². The second-order valence-corrected chi connectivity index (χ2v) is 7.37. The zero-order valence-electron chi connectivity index (χ0n) is 14.8.